The SMILES string of the molecule is CCOc1ccc(CNC(=O)NC(C)C)cc1C. The van der Waals surface area contributed by atoms with Crippen LogP contribution in [0.25, 0.3) is 0 Å². The smallest absolute Gasteiger partial charge is 0.315 e. The highest BCUT2D eigenvalue weighted by atomic mass is 16.5. The molecule has 0 spiro atoms. The summed E-state index contributed by atoms with van der Waals surface area (Å²) >= 11 is 0. The van der Waals surface area contributed by atoms with Crippen LogP contribution in [0.1, 0.15) is 31.9 Å². The van der Waals surface area contributed by atoms with Crippen molar-refractivity contribution >= 4 is 6.03 Å². The molecule has 0 radical (unpaired) electrons. The Bertz CT molecular complexity index is 403. The summed E-state index contributed by atoms with van der Waals surface area (Å²) in [6.07, 6.45) is 0. The van der Waals surface area contributed by atoms with E-state index < -0.39 is 0 Å². The summed E-state index contributed by atoms with van der Waals surface area (Å²) in [5.74, 6) is 0.896. The van der Waals surface area contributed by atoms with E-state index in [9.17, 15) is 4.79 Å². The molecule has 2 amide bonds. The second kappa shape index (κ2) is 6.89. The van der Waals surface area contributed by atoms with E-state index in [0.29, 0.717) is 13.2 Å². The minimum atomic E-state index is -0.142. The van der Waals surface area contributed by atoms with Crippen LogP contribution in [0, 0.1) is 6.92 Å². The topological polar surface area (TPSA) is 50.4 Å². The standard InChI is InChI=1S/C14H22N2O2/c1-5-18-13-7-6-12(8-11(13)4)9-15-14(17)16-10(2)3/h6-8,10H,5,9H2,1-4H3,(H2,15,16,17). The molecule has 0 heterocycles. The number of ether oxygens (including phenoxy) is 1. The highest BCUT2D eigenvalue weighted by Crippen LogP contribution is 2.18. The first kappa shape index (κ1) is 14.4. The fourth-order valence-electron chi connectivity index (χ4n) is 1.63. The Kier molecular flexibility index (Phi) is 5.49. The Morgan fingerprint density at radius 2 is 2.11 bits per heavy atom. The fourth-order valence-corrected chi connectivity index (χ4v) is 1.63. The van der Waals surface area contributed by atoms with E-state index in [1.807, 2.05) is 45.9 Å². The minimum Gasteiger partial charge on any atom is -0.494 e. The van der Waals surface area contributed by atoms with Crippen LogP contribution < -0.4 is 15.4 Å². The van der Waals surface area contributed by atoms with Crippen molar-refractivity contribution in [2.75, 3.05) is 6.61 Å². The number of amides is 2. The van der Waals surface area contributed by atoms with Crippen molar-refractivity contribution in [2.45, 2.75) is 40.3 Å². The summed E-state index contributed by atoms with van der Waals surface area (Å²) in [6, 6.07) is 5.94. The van der Waals surface area contributed by atoms with E-state index in [1.165, 1.54) is 0 Å². The average molecular weight is 250 g/mol. The van der Waals surface area contributed by atoms with Gasteiger partial charge in [-0.3, -0.25) is 0 Å². The molecular weight excluding hydrogens is 228 g/mol. The first-order valence-corrected chi connectivity index (χ1v) is 6.29. The van der Waals surface area contributed by atoms with Gasteiger partial charge in [-0.25, -0.2) is 4.79 Å². The molecule has 1 rings (SSSR count). The van der Waals surface area contributed by atoms with E-state index in [2.05, 4.69) is 10.6 Å². The van der Waals surface area contributed by atoms with Gasteiger partial charge in [0, 0.05) is 12.6 Å². The maximum Gasteiger partial charge on any atom is 0.315 e. The number of carbonyl (C=O) groups is 1. The van der Waals surface area contributed by atoms with Crippen molar-refractivity contribution in [3.8, 4) is 5.75 Å². The normalized spacial score (nSPS) is 10.3. The van der Waals surface area contributed by atoms with Crippen molar-refractivity contribution in [2.24, 2.45) is 0 Å². The second-order valence-corrected chi connectivity index (χ2v) is 4.51. The van der Waals surface area contributed by atoms with E-state index >= 15 is 0 Å². The van der Waals surface area contributed by atoms with E-state index in [-0.39, 0.29) is 12.1 Å². The van der Waals surface area contributed by atoms with Gasteiger partial charge in [0.25, 0.3) is 0 Å². The summed E-state index contributed by atoms with van der Waals surface area (Å²) in [4.78, 5) is 11.4. The lowest BCUT2D eigenvalue weighted by atomic mass is 10.1. The van der Waals surface area contributed by atoms with Gasteiger partial charge >= 0.3 is 6.03 Å². The van der Waals surface area contributed by atoms with Gasteiger partial charge in [0.2, 0.25) is 0 Å². The molecule has 4 heteroatoms. The molecule has 0 bridgehead atoms. The van der Waals surface area contributed by atoms with Gasteiger partial charge in [-0.2, -0.15) is 0 Å². The van der Waals surface area contributed by atoms with Gasteiger partial charge < -0.3 is 15.4 Å². The molecule has 2 N–H and O–H groups in total. The highest BCUT2D eigenvalue weighted by Gasteiger charge is 2.04. The van der Waals surface area contributed by atoms with Crippen molar-refractivity contribution in [1.29, 1.82) is 0 Å². The summed E-state index contributed by atoms with van der Waals surface area (Å²) in [5, 5.41) is 5.60. The zero-order valence-corrected chi connectivity index (χ0v) is 11.5. The van der Waals surface area contributed by atoms with Crippen molar-refractivity contribution in [3.05, 3.63) is 29.3 Å². The van der Waals surface area contributed by atoms with E-state index in [0.717, 1.165) is 16.9 Å². The molecule has 1 aromatic rings. The number of carbonyl (C=O) groups excluding carboxylic acids is 1. The third kappa shape index (κ3) is 4.65. The molecule has 0 aliphatic carbocycles. The molecule has 4 nitrogen and oxygen atoms in total. The third-order valence-electron chi connectivity index (χ3n) is 2.41. The lowest BCUT2D eigenvalue weighted by Crippen LogP contribution is -2.39. The Morgan fingerprint density at radius 1 is 1.39 bits per heavy atom. The molecule has 0 aliphatic heterocycles. The van der Waals surface area contributed by atoms with E-state index in [1.54, 1.807) is 0 Å². The Morgan fingerprint density at radius 3 is 2.67 bits per heavy atom. The maximum atomic E-state index is 11.4. The van der Waals surface area contributed by atoms with E-state index in [4.69, 9.17) is 4.74 Å². The van der Waals surface area contributed by atoms with Gasteiger partial charge in [0.05, 0.1) is 6.61 Å². The summed E-state index contributed by atoms with van der Waals surface area (Å²) < 4.78 is 5.47. The van der Waals surface area contributed by atoms with Crippen molar-refractivity contribution in [1.82, 2.24) is 10.6 Å². The van der Waals surface area contributed by atoms with Gasteiger partial charge in [-0.05, 0) is 44.9 Å². The quantitative estimate of drug-likeness (QED) is 0.844. The lowest BCUT2D eigenvalue weighted by Gasteiger charge is -2.12. The molecule has 0 fully saturated rings. The first-order valence-electron chi connectivity index (χ1n) is 6.29. The van der Waals surface area contributed by atoms with Gasteiger partial charge in [-0.1, -0.05) is 12.1 Å². The molecule has 0 aromatic heterocycles. The van der Waals surface area contributed by atoms with Crippen LogP contribution in [0.2, 0.25) is 0 Å². The molecule has 100 valence electrons. The average Bonchev–Trinajstić information content (AvgIpc) is 2.29. The molecule has 18 heavy (non-hydrogen) atoms. The van der Waals surface area contributed by atoms with Crippen LogP contribution in [0.4, 0.5) is 4.79 Å². The van der Waals surface area contributed by atoms with Crippen LogP contribution in [0.15, 0.2) is 18.2 Å². The Hall–Kier alpha value is -1.71. The van der Waals surface area contributed by atoms with Crippen LogP contribution in [-0.4, -0.2) is 18.7 Å². The summed E-state index contributed by atoms with van der Waals surface area (Å²) in [5.41, 5.74) is 2.15. The molecule has 0 unspecified atom stereocenters. The minimum absolute atomic E-state index is 0.142. The molecule has 0 atom stereocenters. The van der Waals surface area contributed by atoms with Gasteiger partial charge in [0.1, 0.15) is 5.75 Å². The summed E-state index contributed by atoms with van der Waals surface area (Å²) in [7, 11) is 0. The predicted molar refractivity (Wildman–Crippen MR) is 72.9 cm³/mol. The number of aryl methyl sites for hydroxylation is 1. The fraction of sp³-hybridized carbons (Fsp3) is 0.500. The van der Waals surface area contributed by atoms with Crippen LogP contribution in [0.5, 0.6) is 5.75 Å². The Balaban J connectivity index is 2.53. The third-order valence-corrected chi connectivity index (χ3v) is 2.41. The van der Waals surface area contributed by atoms with Crippen LogP contribution in [0.3, 0.4) is 0 Å². The molecule has 0 saturated heterocycles. The van der Waals surface area contributed by atoms with Crippen LogP contribution in [-0.2, 0) is 6.54 Å². The number of rotatable bonds is 5. The largest absolute Gasteiger partial charge is 0.494 e. The zero-order valence-electron chi connectivity index (χ0n) is 11.5. The number of hydrogen-bond donors (Lipinski definition) is 2. The first-order chi connectivity index (χ1) is 8.52. The highest BCUT2D eigenvalue weighted by molar-refractivity contribution is 5.74. The lowest BCUT2D eigenvalue weighted by molar-refractivity contribution is 0.238. The Labute approximate surface area is 109 Å². The molecule has 0 saturated carbocycles. The van der Waals surface area contributed by atoms with Crippen LogP contribution >= 0.6 is 0 Å². The zero-order chi connectivity index (χ0) is 13.5. The molecule has 1 aromatic carbocycles. The number of urea groups is 1. The second-order valence-electron chi connectivity index (χ2n) is 4.51. The predicted octanol–water partition coefficient (Wildman–Crippen LogP) is 2.60. The van der Waals surface area contributed by atoms with Crippen molar-refractivity contribution < 1.29 is 9.53 Å². The van der Waals surface area contributed by atoms with Gasteiger partial charge in [0.15, 0.2) is 0 Å². The van der Waals surface area contributed by atoms with Crippen molar-refractivity contribution in [3.63, 3.8) is 0 Å². The number of hydrogen-bond acceptors (Lipinski definition) is 2. The maximum absolute atomic E-state index is 11.4. The summed E-state index contributed by atoms with van der Waals surface area (Å²) in [6.45, 7) is 9.01. The molecular formula is C14H22N2O2. The number of nitrogens with one attached hydrogen (secondary N) is 2. The number of benzene rings is 1. The van der Waals surface area contributed by atoms with Gasteiger partial charge in [-0.15, -0.1) is 0 Å². The monoisotopic (exact) mass is 250 g/mol. The molecule has 0 aliphatic rings.